The van der Waals surface area contributed by atoms with Crippen LogP contribution < -0.4 is 0 Å². The molecule has 0 heterocycles. The number of carbonyl (C=O) groups excluding carboxylic acids is 2. The Hall–Kier alpha value is -1.84. The first kappa shape index (κ1) is 13.6. The van der Waals surface area contributed by atoms with E-state index in [9.17, 15) is 9.59 Å². The Morgan fingerprint density at radius 2 is 1.89 bits per heavy atom. The average Bonchev–Trinajstić information content (AvgIpc) is 3.26. The molecule has 0 unspecified atom stereocenters. The standard InChI is InChI=1S/C15H19NO3/c1-3-16(11-13(17)19-2)14(18)15(9-10-15)12-7-5-4-6-8-12/h4-8H,3,9-11H2,1-2H3. The molecular formula is C15H19NO3. The van der Waals surface area contributed by atoms with Crippen molar-refractivity contribution in [2.45, 2.75) is 25.2 Å². The molecule has 4 nitrogen and oxygen atoms in total. The SMILES string of the molecule is CCN(CC(=O)OC)C(=O)C1(c2ccccc2)CC1. The van der Waals surface area contributed by atoms with Gasteiger partial charge < -0.3 is 9.64 Å². The number of amides is 1. The first-order valence-electron chi connectivity index (χ1n) is 6.56. The monoisotopic (exact) mass is 261 g/mol. The van der Waals surface area contributed by atoms with E-state index in [1.807, 2.05) is 37.3 Å². The molecule has 1 fully saturated rings. The molecule has 2 rings (SSSR count). The predicted molar refractivity (Wildman–Crippen MR) is 71.6 cm³/mol. The van der Waals surface area contributed by atoms with E-state index in [2.05, 4.69) is 4.74 Å². The van der Waals surface area contributed by atoms with E-state index in [0.29, 0.717) is 6.54 Å². The lowest BCUT2D eigenvalue weighted by atomic mass is 9.94. The van der Waals surface area contributed by atoms with Crippen LogP contribution in [0.1, 0.15) is 25.3 Å². The molecule has 0 aliphatic heterocycles. The Morgan fingerprint density at radius 3 is 2.37 bits per heavy atom. The van der Waals surface area contributed by atoms with Crippen molar-refractivity contribution in [3.05, 3.63) is 35.9 Å². The molecule has 1 saturated carbocycles. The molecule has 0 saturated heterocycles. The third-order valence-electron chi connectivity index (χ3n) is 3.70. The van der Waals surface area contributed by atoms with Gasteiger partial charge in [-0.15, -0.1) is 0 Å². The van der Waals surface area contributed by atoms with E-state index in [1.165, 1.54) is 7.11 Å². The second-order valence-electron chi connectivity index (χ2n) is 4.84. The highest BCUT2D eigenvalue weighted by Gasteiger charge is 2.52. The highest BCUT2D eigenvalue weighted by Crippen LogP contribution is 2.49. The average molecular weight is 261 g/mol. The molecule has 4 heteroatoms. The summed E-state index contributed by atoms with van der Waals surface area (Å²) in [4.78, 5) is 25.6. The van der Waals surface area contributed by atoms with Crippen molar-refractivity contribution in [1.82, 2.24) is 4.90 Å². The fraction of sp³-hybridized carbons (Fsp3) is 0.467. The molecular weight excluding hydrogens is 242 g/mol. The summed E-state index contributed by atoms with van der Waals surface area (Å²) in [6, 6.07) is 9.79. The topological polar surface area (TPSA) is 46.6 Å². The van der Waals surface area contributed by atoms with E-state index in [0.717, 1.165) is 18.4 Å². The number of hydrogen-bond donors (Lipinski definition) is 0. The van der Waals surface area contributed by atoms with Crippen molar-refractivity contribution in [3.8, 4) is 0 Å². The summed E-state index contributed by atoms with van der Waals surface area (Å²) >= 11 is 0. The normalized spacial score (nSPS) is 15.7. The van der Waals surface area contributed by atoms with Crippen molar-refractivity contribution in [1.29, 1.82) is 0 Å². The van der Waals surface area contributed by atoms with E-state index in [1.54, 1.807) is 4.90 Å². The lowest BCUT2D eigenvalue weighted by Crippen LogP contribution is -2.42. The van der Waals surface area contributed by atoms with Gasteiger partial charge in [-0.2, -0.15) is 0 Å². The van der Waals surface area contributed by atoms with E-state index < -0.39 is 5.41 Å². The molecule has 1 aromatic rings. The smallest absolute Gasteiger partial charge is 0.325 e. The molecule has 1 aliphatic carbocycles. The van der Waals surface area contributed by atoms with Gasteiger partial charge in [-0.25, -0.2) is 0 Å². The van der Waals surface area contributed by atoms with Crippen LogP contribution in [0.4, 0.5) is 0 Å². The summed E-state index contributed by atoms with van der Waals surface area (Å²) in [5.74, 6) is -0.342. The number of ether oxygens (including phenoxy) is 1. The number of rotatable bonds is 5. The molecule has 1 aromatic carbocycles. The number of carbonyl (C=O) groups is 2. The fourth-order valence-electron chi connectivity index (χ4n) is 2.36. The van der Waals surface area contributed by atoms with Crippen LogP contribution in [0.25, 0.3) is 0 Å². The number of likely N-dealkylation sites (N-methyl/N-ethyl adjacent to an activating group) is 1. The van der Waals surface area contributed by atoms with Crippen molar-refractivity contribution < 1.29 is 14.3 Å². The number of methoxy groups -OCH3 is 1. The van der Waals surface area contributed by atoms with E-state index in [4.69, 9.17) is 0 Å². The van der Waals surface area contributed by atoms with E-state index >= 15 is 0 Å². The zero-order chi connectivity index (χ0) is 13.9. The van der Waals surface area contributed by atoms with Crippen molar-refractivity contribution in [2.24, 2.45) is 0 Å². The lowest BCUT2D eigenvalue weighted by molar-refractivity contribution is -0.147. The minimum atomic E-state index is -0.411. The van der Waals surface area contributed by atoms with Gasteiger partial charge in [0.15, 0.2) is 0 Å². The molecule has 19 heavy (non-hydrogen) atoms. The number of benzene rings is 1. The highest BCUT2D eigenvalue weighted by molar-refractivity contribution is 5.93. The second-order valence-corrected chi connectivity index (χ2v) is 4.84. The summed E-state index contributed by atoms with van der Waals surface area (Å²) in [5, 5.41) is 0. The maximum absolute atomic E-state index is 12.6. The summed E-state index contributed by atoms with van der Waals surface area (Å²) < 4.78 is 4.64. The minimum Gasteiger partial charge on any atom is -0.468 e. The second kappa shape index (κ2) is 5.43. The Kier molecular flexibility index (Phi) is 3.88. The molecule has 1 amide bonds. The minimum absolute atomic E-state index is 0.0282. The van der Waals surface area contributed by atoms with E-state index in [-0.39, 0.29) is 18.4 Å². The molecule has 0 spiro atoms. The summed E-state index contributed by atoms with van der Waals surface area (Å²) in [7, 11) is 1.34. The fourth-order valence-corrected chi connectivity index (χ4v) is 2.36. The van der Waals surface area contributed by atoms with Crippen LogP contribution in [0.3, 0.4) is 0 Å². The Bertz CT molecular complexity index is 466. The van der Waals surface area contributed by atoms with Crippen LogP contribution in [0.5, 0.6) is 0 Å². The number of nitrogens with zero attached hydrogens (tertiary/aromatic N) is 1. The third kappa shape index (κ3) is 2.62. The summed E-state index contributed by atoms with van der Waals surface area (Å²) in [5.41, 5.74) is 0.633. The molecule has 0 radical (unpaired) electrons. The molecule has 0 aromatic heterocycles. The van der Waals surface area contributed by atoms with Gasteiger partial charge in [-0.1, -0.05) is 30.3 Å². The quantitative estimate of drug-likeness (QED) is 0.758. The number of esters is 1. The van der Waals surface area contributed by atoms with Gasteiger partial charge in [0.25, 0.3) is 0 Å². The lowest BCUT2D eigenvalue weighted by Gasteiger charge is -2.25. The van der Waals surface area contributed by atoms with Crippen molar-refractivity contribution in [2.75, 3.05) is 20.2 Å². The summed E-state index contributed by atoms with van der Waals surface area (Å²) in [6.45, 7) is 2.42. The molecule has 1 aliphatic rings. The van der Waals surface area contributed by atoms with Crippen molar-refractivity contribution in [3.63, 3.8) is 0 Å². The van der Waals surface area contributed by atoms with Crippen LogP contribution in [-0.2, 0) is 19.7 Å². The van der Waals surface area contributed by atoms with Gasteiger partial charge in [-0.05, 0) is 25.3 Å². The highest BCUT2D eigenvalue weighted by atomic mass is 16.5. The maximum atomic E-state index is 12.6. The maximum Gasteiger partial charge on any atom is 0.325 e. The van der Waals surface area contributed by atoms with Crippen LogP contribution in [-0.4, -0.2) is 37.0 Å². The van der Waals surface area contributed by atoms with Crippen LogP contribution in [0.15, 0.2) is 30.3 Å². The molecule has 0 N–H and O–H groups in total. The zero-order valence-corrected chi connectivity index (χ0v) is 11.4. The van der Waals surface area contributed by atoms with Crippen molar-refractivity contribution >= 4 is 11.9 Å². The molecule has 0 atom stereocenters. The van der Waals surface area contributed by atoms with Gasteiger partial charge >= 0.3 is 5.97 Å². The first-order valence-corrected chi connectivity index (χ1v) is 6.56. The zero-order valence-electron chi connectivity index (χ0n) is 11.4. The summed E-state index contributed by atoms with van der Waals surface area (Å²) in [6.07, 6.45) is 1.71. The predicted octanol–water partition coefficient (Wildman–Crippen LogP) is 1.74. The molecule has 102 valence electrons. The van der Waals surface area contributed by atoms with Crippen LogP contribution in [0, 0.1) is 0 Å². The van der Waals surface area contributed by atoms with Crippen LogP contribution >= 0.6 is 0 Å². The Balaban J connectivity index is 2.16. The van der Waals surface area contributed by atoms with Crippen LogP contribution in [0.2, 0.25) is 0 Å². The van der Waals surface area contributed by atoms with Gasteiger partial charge in [0, 0.05) is 6.54 Å². The first-order chi connectivity index (χ1) is 9.14. The Morgan fingerprint density at radius 1 is 1.26 bits per heavy atom. The number of hydrogen-bond acceptors (Lipinski definition) is 3. The van der Waals surface area contributed by atoms with Gasteiger partial charge in [0.1, 0.15) is 6.54 Å². The van der Waals surface area contributed by atoms with Gasteiger partial charge in [0.05, 0.1) is 12.5 Å². The molecule has 0 bridgehead atoms. The Labute approximate surface area is 113 Å². The van der Waals surface area contributed by atoms with Gasteiger partial charge in [0.2, 0.25) is 5.91 Å². The largest absolute Gasteiger partial charge is 0.468 e. The third-order valence-corrected chi connectivity index (χ3v) is 3.70. The van der Waals surface area contributed by atoms with Gasteiger partial charge in [-0.3, -0.25) is 9.59 Å².